The lowest BCUT2D eigenvalue weighted by Gasteiger charge is -2.27. The van der Waals surface area contributed by atoms with Crippen LogP contribution >= 0.6 is 0 Å². The SMILES string of the molecule is COc1ccc(NC(=O)[C@H]2[C@H](C(=O)O)[C@H]3C=C[C@@]2(C)O3)nn1. The topological polar surface area (TPSA) is 111 Å². The summed E-state index contributed by atoms with van der Waals surface area (Å²) in [6, 6.07) is 3.09. The van der Waals surface area contributed by atoms with Gasteiger partial charge in [-0.3, -0.25) is 9.59 Å². The molecule has 1 saturated heterocycles. The van der Waals surface area contributed by atoms with Crippen molar-refractivity contribution in [3.05, 3.63) is 24.3 Å². The van der Waals surface area contributed by atoms with Crippen LogP contribution in [-0.2, 0) is 14.3 Å². The van der Waals surface area contributed by atoms with Gasteiger partial charge in [-0.15, -0.1) is 10.2 Å². The van der Waals surface area contributed by atoms with Gasteiger partial charge in [0.2, 0.25) is 11.8 Å². The van der Waals surface area contributed by atoms with Crippen molar-refractivity contribution in [1.29, 1.82) is 0 Å². The zero-order valence-electron chi connectivity index (χ0n) is 12.0. The average Bonchev–Trinajstić information content (AvgIpc) is 3.01. The fraction of sp³-hybridized carbons (Fsp3) is 0.429. The fourth-order valence-electron chi connectivity index (χ4n) is 2.98. The average molecular weight is 305 g/mol. The van der Waals surface area contributed by atoms with Crippen LogP contribution in [0.5, 0.6) is 5.88 Å². The third-order valence-corrected chi connectivity index (χ3v) is 4.01. The number of carbonyl (C=O) groups excluding carboxylic acids is 1. The molecule has 0 aliphatic carbocycles. The number of carbonyl (C=O) groups is 2. The first-order valence-corrected chi connectivity index (χ1v) is 6.73. The molecule has 2 aliphatic rings. The second kappa shape index (κ2) is 5.06. The van der Waals surface area contributed by atoms with Crippen LogP contribution in [0, 0.1) is 11.8 Å². The molecule has 0 unspecified atom stereocenters. The van der Waals surface area contributed by atoms with Crippen LogP contribution in [0.3, 0.4) is 0 Å². The van der Waals surface area contributed by atoms with Crippen molar-refractivity contribution in [2.45, 2.75) is 18.6 Å². The standard InChI is InChI=1S/C14H15N3O5/c1-14-6-5-7(22-14)10(13(19)20)11(14)12(18)15-8-3-4-9(21-2)17-16-8/h3-7,10-11H,1-2H3,(H,19,20)(H,15,16,18)/t7-,10-,11-,14-/m1/s1. The molecule has 1 fully saturated rings. The van der Waals surface area contributed by atoms with Gasteiger partial charge in [0.1, 0.15) is 5.92 Å². The molecule has 3 heterocycles. The number of carboxylic acid groups (broad SMARTS) is 1. The lowest BCUT2D eigenvalue weighted by molar-refractivity contribution is -0.146. The number of aromatic nitrogens is 2. The van der Waals surface area contributed by atoms with Crippen LogP contribution in [0.2, 0.25) is 0 Å². The van der Waals surface area contributed by atoms with Crippen molar-refractivity contribution in [3.8, 4) is 5.88 Å². The second-order valence-electron chi connectivity index (χ2n) is 5.42. The quantitative estimate of drug-likeness (QED) is 0.778. The molecular weight excluding hydrogens is 290 g/mol. The number of hydrogen-bond acceptors (Lipinski definition) is 6. The Balaban J connectivity index is 1.81. The minimum absolute atomic E-state index is 0.227. The van der Waals surface area contributed by atoms with E-state index in [1.165, 1.54) is 13.2 Å². The molecule has 4 atom stereocenters. The molecule has 1 aromatic heterocycles. The van der Waals surface area contributed by atoms with Crippen molar-refractivity contribution in [2.24, 2.45) is 11.8 Å². The van der Waals surface area contributed by atoms with E-state index in [4.69, 9.17) is 9.47 Å². The van der Waals surface area contributed by atoms with E-state index in [0.29, 0.717) is 5.88 Å². The van der Waals surface area contributed by atoms with Crippen molar-refractivity contribution in [3.63, 3.8) is 0 Å². The van der Waals surface area contributed by atoms with Gasteiger partial charge < -0.3 is 19.9 Å². The Bertz CT molecular complexity index is 644. The minimum atomic E-state index is -1.06. The summed E-state index contributed by atoms with van der Waals surface area (Å²) >= 11 is 0. The van der Waals surface area contributed by atoms with Crippen LogP contribution in [0.15, 0.2) is 24.3 Å². The fourth-order valence-corrected chi connectivity index (χ4v) is 2.98. The van der Waals surface area contributed by atoms with Crippen molar-refractivity contribution in [1.82, 2.24) is 10.2 Å². The van der Waals surface area contributed by atoms with E-state index in [9.17, 15) is 14.7 Å². The molecule has 1 aromatic rings. The molecule has 0 radical (unpaired) electrons. The first-order chi connectivity index (χ1) is 10.4. The number of amides is 1. The van der Waals surface area contributed by atoms with Gasteiger partial charge in [-0.2, -0.15) is 0 Å². The molecule has 1 amide bonds. The van der Waals surface area contributed by atoms with Crippen molar-refractivity contribution in [2.75, 3.05) is 12.4 Å². The molecule has 8 nitrogen and oxygen atoms in total. The summed E-state index contributed by atoms with van der Waals surface area (Å²) < 4.78 is 10.5. The number of hydrogen-bond donors (Lipinski definition) is 2. The van der Waals surface area contributed by atoms with Gasteiger partial charge in [0.25, 0.3) is 0 Å². The molecule has 2 N–H and O–H groups in total. The maximum Gasteiger partial charge on any atom is 0.310 e. The monoisotopic (exact) mass is 305 g/mol. The number of ether oxygens (including phenoxy) is 2. The summed E-state index contributed by atoms with van der Waals surface area (Å²) in [5, 5.41) is 19.5. The second-order valence-corrected chi connectivity index (χ2v) is 5.42. The molecule has 3 rings (SSSR count). The summed E-state index contributed by atoms with van der Waals surface area (Å²) in [6.07, 6.45) is 2.84. The molecule has 0 saturated carbocycles. The number of carboxylic acids is 1. The Morgan fingerprint density at radius 3 is 2.77 bits per heavy atom. The largest absolute Gasteiger partial charge is 0.481 e. The van der Waals surface area contributed by atoms with E-state index in [1.807, 2.05) is 0 Å². The minimum Gasteiger partial charge on any atom is -0.481 e. The summed E-state index contributed by atoms with van der Waals surface area (Å²) in [6.45, 7) is 1.70. The molecular formula is C14H15N3O5. The van der Waals surface area contributed by atoms with Crippen LogP contribution in [0.25, 0.3) is 0 Å². The zero-order valence-corrected chi connectivity index (χ0v) is 12.0. The smallest absolute Gasteiger partial charge is 0.310 e. The molecule has 2 aliphatic heterocycles. The van der Waals surface area contributed by atoms with Crippen molar-refractivity contribution < 1.29 is 24.2 Å². The van der Waals surface area contributed by atoms with Crippen LogP contribution in [0.1, 0.15) is 6.92 Å². The van der Waals surface area contributed by atoms with Crippen molar-refractivity contribution >= 4 is 17.7 Å². The Labute approximate surface area is 126 Å². The summed E-state index contributed by atoms with van der Waals surface area (Å²) in [7, 11) is 1.46. The van der Waals surface area contributed by atoms with E-state index >= 15 is 0 Å². The molecule has 8 heteroatoms. The van der Waals surface area contributed by atoms with E-state index in [0.717, 1.165) is 0 Å². The maximum atomic E-state index is 12.5. The number of rotatable bonds is 4. The predicted octanol–water partition coefficient (Wildman–Crippen LogP) is 0.468. The van der Waals surface area contributed by atoms with E-state index in [2.05, 4.69) is 15.5 Å². The summed E-state index contributed by atoms with van der Waals surface area (Å²) in [5.41, 5.74) is -0.919. The number of methoxy groups -OCH3 is 1. The van der Waals surface area contributed by atoms with Gasteiger partial charge >= 0.3 is 5.97 Å². The highest BCUT2D eigenvalue weighted by atomic mass is 16.5. The number of nitrogens with zero attached hydrogens (tertiary/aromatic N) is 2. The Kier molecular flexibility index (Phi) is 3.32. The first kappa shape index (κ1) is 14.5. The molecule has 0 aromatic carbocycles. The Morgan fingerprint density at radius 2 is 2.18 bits per heavy atom. The van der Waals surface area contributed by atoms with Gasteiger partial charge in [-0.1, -0.05) is 12.2 Å². The normalized spacial score (nSPS) is 32.0. The van der Waals surface area contributed by atoms with Crippen LogP contribution in [0.4, 0.5) is 5.82 Å². The molecule has 0 spiro atoms. The Morgan fingerprint density at radius 1 is 1.41 bits per heavy atom. The first-order valence-electron chi connectivity index (χ1n) is 6.73. The van der Waals surface area contributed by atoms with Gasteiger partial charge in [-0.25, -0.2) is 0 Å². The van der Waals surface area contributed by atoms with Gasteiger partial charge in [0.15, 0.2) is 5.82 Å². The highest BCUT2D eigenvalue weighted by molar-refractivity contribution is 5.96. The Hall–Kier alpha value is -2.48. The highest BCUT2D eigenvalue weighted by Gasteiger charge is 2.59. The van der Waals surface area contributed by atoms with Gasteiger partial charge in [-0.05, 0) is 13.0 Å². The van der Waals surface area contributed by atoms with Gasteiger partial charge in [0, 0.05) is 6.07 Å². The number of fused-ring (bicyclic) bond motifs is 2. The van der Waals surface area contributed by atoms with Gasteiger partial charge in [0.05, 0.1) is 24.7 Å². The molecule has 22 heavy (non-hydrogen) atoms. The van der Waals surface area contributed by atoms with Crippen LogP contribution in [-0.4, -0.2) is 46.0 Å². The number of anilines is 1. The molecule has 116 valence electrons. The summed E-state index contributed by atoms with van der Waals surface area (Å²) in [4.78, 5) is 23.9. The number of nitrogens with one attached hydrogen (secondary N) is 1. The lowest BCUT2D eigenvalue weighted by atomic mass is 9.76. The molecule has 2 bridgehead atoms. The number of aliphatic carboxylic acids is 1. The van der Waals surface area contributed by atoms with E-state index in [1.54, 1.807) is 25.1 Å². The predicted molar refractivity (Wildman–Crippen MR) is 74.2 cm³/mol. The highest BCUT2D eigenvalue weighted by Crippen LogP contribution is 2.47. The summed E-state index contributed by atoms with van der Waals surface area (Å²) in [5.74, 6) is -2.71. The zero-order chi connectivity index (χ0) is 15.9. The van der Waals surface area contributed by atoms with E-state index in [-0.39, 0.29) is 5.82 Å². The van der Waals surface area contributed by atoms with E-state index < -0.39 is 35.4 Å². The third-order valence-electron chi connectivity index (χ3n) is 4.01. The lowest BCUT2D eigenvalue weighted by Crippen LogP contribution is -2.44. The van der Waals surface area contributed by atoms with Crippen LogP contribution < -0.4 is 10.1 Å². The maximum absolute atomic E-state index is 12.5. The third kappa shape index (κ3) is 2.21.